The van der Waals surface area contributed by atoms with Crippen molar-refractivity contribution in [3.05, 3.63) is 89.6 Å². The van der Waals surface area contributed by atoms with E-state index in [0.29, 0.717) is 26.2 Å². The van der Waals surface area contributed by atoms with Crippen molar-refractivity contribution in [1.82, 2.24) is 14.8 Å². The van der Waals surface area contributed by atoms with Gasteiger partial charge in [-0.05, 0) is 37.3 Å². The summed E-state index contributed by atoms with van der Waals surface area (Å²) in [6.07, 6.45) is 0. The summed E-state index contributed by atoms with van der Waals surface area (Å²) in [7, 11) is 0. The maximum absolute atomic E-state index is 12.5. The summed E-state index contributed by atoms with van der Waals surface area (Å²) >= 11 is 0. The van der Waals surface area contributed by atoms with Gasteiger partial charge >= 0.3 is 5.97 Å². The van der Waals surface area contributed by atoms with Gasteiger partial charge in [0.25, 0.3) is 0 Å². The fourth-order valence-corrected chi connectivity index (χ4v) is 5.21. The van der Waals surface area contributed by atoms with Gasteiger partial charge in [0, 0.05) is 48.3 Å². The third-order valence-corrected chi connectivity index (χ3v) is 6.87. The van der Waals surface area contributed by atoms with Crippen LogP contribution in [0.15, 0.2) is 77.8 Å². The molecule has 176 valence electrons. The Bertz CT molecular complexity index is 1450. The van der Waals surface area contributed by atoms with Gasteiger partial charge in [0.15, 0.2) is 5.75 Å². The Morgan fingerprint density at radius 3 is 2.43 bits per heavy atom. The number of aliphatic carboxylic acids is 1. The summed E-state index contributed by atoms with van der Waals surface area (Å²) in [6, 6.07) is 22.9. The van der Waals surface area contributed by atoms with Gasteiger partial charge in [0.2, 0.25) is 0 Å². The summed E-state index contributed by atoms with van der Waals surface area (Å²) in [5.74, 6) is 1.54. The standard InChI is InChI=1S/C28H26N4O3/c1-18-25(19-8-2-4-10-21(19)29-18)26(28(33)34)31-14-16-32(17-15-31)27-20-9-3-6-12-23(20)35-24-13-7-5-11-22(24)30-27/h2-13,26,29H,14-17H2,1H3,(H,33,34). The van der Waals surface area contributed by atoms with Crippen LogP contribution in [0.1, 0.15) is 22.9 Å². The second-order valence-electron chi connectivity index (χ2n) is 8.97. The quantitative estimate of drug-likeness (QED) is 0.439. The van der Waals surface area contributed by atoms with Crippen molar-refractivity contribution in [2.45, 2.75) is 13.0 Å². The van der Waals surface area contributed by atoms with E-state index in [2.05, 4.69) is 14.8 Å². The number of carboxylic acids is 1. The minimum absolute atomic E-state index is 0.611. The Morgan fingerprint density at radius 2 is 1.63 bits per heavy atom. The van der Waals surface area contributed by atoms with Crippen LogP contribution in [0.5, 0.6) is 11.5 Å². The molecular formula is C28H26N4O3. The molecule has 0 bridgehead atoms. The number of ether oxygens (including phenoxy) is 1. The predicted molar refractivity (Wildman–Crippen MR) is 136 cm³/mol. The molecular weight excluding hydrogens is 440 g/mol. The summed E-state index contributed by atoms with van der Waals surface area (Å²) in [4.78, 5) is 25.2. The molecule has 0 amide bonds. The average Bonchev–Trinajstić information content (AvgIpc) is 3.09. The molecule has 2 aliphatic heterocycles. The highest BCUT2D eigenvalue weighted by Crippen LogP contribution is 2.38. The second kappa shape index (κ2) is 8.60. The van der Waals surface area contributed by atoms with Crippen molar-refractivity contribution >= 4 is 28.4 Å². The largest absolute Gasteiger partial charge is 0.480 e. The van der Waals surface area contributed by atoms with Gasteiger partial charge in [-0.25, -0.2) is 4.99 Å². The number of aliphatic imine (C=N–C) groups is 1. The lowest BCUT2D eigenvalue weighted by molar-refractivity contribution is -0.144. The molecule has 7 heteroatoms. The Labute approximate surface area is 203 Å². The summed E-state index contributed by atoms with van der Waals surface area (Å²) in [5.41, 5.74) is 4.45. The molecule has 7 nitrogen and oxygen atoms in total. The van der Waals surface area contributed by atoms with Crippen LogP contribution in [0, 0.1) is 6.92 Å². The molecule has 3 aromatic carbocycles. The van der Waals surface area contributed by atoms with Crippen LogP contribution in [0.2, 0.25) is 0 Å². The monoisotopic (exact) mass is 466 g/mol. The maximum Gasteiger partial charge on any atom is 0.325 e. The Hall–Kier alpha value is -4.10. The first kappa shape index (κ1) is 21.4. The number of para-hydroxylation sites is 4. The lowest BCUT2D eigenvalue weighted by Gasteiger charge is -2.39. The number of fused-ring (bicyclic) bond motifs is 3. The molecule has 0 aliphatic carbocycles. The first-order valence-corrected chi connectivity index (χ1v) is 11.8. The second-order valence-corrected chi connectivity index (χ2v) is 8.97. The van der Waals surface area contributed by atoms with E-state index in [1.165, 1.54) is 0 Å². The number of carbonyl (C=O) groups is 1. The van der Waals surface area contributed by atoms with Crippen molar-refractivity contribution in [3.8, 4) is 11.5 Å². The maximum atomic E-state index is 12.5. The van der Waals surface area contributed by atoms with Crippen LogP contribution in [0.4, 0.5) is 5.69 Å². The third-order valence-electron chi connectivity index (χ3n) is 6.87. The lowest BCUT2D eigenvalue weighted by Crippen LogP contribution is -2.51. The number of benzene rings is 3. The van der Waals surface area contributed by atoms with Crippen LogP contribution in [-0.2, 0) is 4.79 Å². The number of rotatable bonds is 3. The first-order chi connectivity index (χ1) is 17.1. The number of nitrogens with one attached hydrogen (secondary N) is 1. The van der Waals surface area contributed by atoms with Gasteiger partial charge in [-0.1, -0.05) is 42.5 Å². The zero-order valence-electron chi connectivity index (χ0n) is 19.4. The Kier molecular flexibility index (Phi) is 5.26. The molecule has 6 rings (SSSR count). The van der Waals surface area contributed by atoms with Gasteiger partial charge < -0.3 is 19.7 Å². The number of carboxylic acid groups (broad SMARTS) is 1. The lowest BCUT2D eigenvalue weighted by atomic mass is 10.0. The van der Waals surface area contributed by atoms with Crippen LogP contribution >= 0.6 is 0 Å². The molecule has 1 atom stereocenters. The number of amidine groups is 1. The van der Waals surface area contributed by atoms with E-state index < -0.39 is 12.0 Å². The molecule has 0 saturated carbocycles. The van der Waals surface area contributed by atoms with Gasteiger partial charge in [0.1, 0.15) is 23.3 Å². The van der Waals surface area contributed by atoms with E-state index in [0.717, 1.165) is 50.7 Å². The molecule has 0 spiro atoms. The summed E-state index contributed by atoms with van der Waals surface area (Å²) < 4.78 is 6.18. The van der Waals surface area contributed by atoms with E-state index >= 15 is 0 Å². The fraction of sp³-hybridized carbons (Fsp3) is 0.214. The molecule has 0 radical (unpaired) electrons. The van der Waals surface area contributed by atoms with Crippen LogP contribution in [0.25, 0.3) is 10.9 Å². The molecule has 1 unspecified atom stereocenters. The van der Waals surface area contributed by atoms with Gasteiger partial charge in [-0.3, -0.25) is 9.69 Å². The van der Waals surface area contributed by atoms with E-state index in [4.69, 9.17) is 9.73 Å². The van der Waals surface area contributed by atoms with Crippen molar-refractivity contribution in [1.29, 1.82) is 0 Å². The number of hydrogen-bond donors (Lipinski definition) is 2. The minimum Gasteiger partial charge on any atom is -0.480 e. The normalized spacial score (nSPS) is 16.6. The van der Waals surface area contributed by atoms with Gasteiger partial charge in [-0.2, -0.15) is 0 Å². The smallest absolute Gasteiger partial charge is 0.325 e. The first-order valence-electron chi connectivity index (χ1n) is 11.8. The van der Waals surface area contributed by atoms with Gasteiger partial charge in [0.05, 0.1) is 5.56 Å². The van der Waals surface area contributed by atoms with Crippen LogP contribution in [-0.4, -0.2) is 57.9 Å². The molecule has 1 saturated heterocycles. The summed E-state index contributed by atoms with van der Waals surface area (Å²) in [5, 5.41) is 11.2. The minimum atomic E-state index is -0.828. The number of piperazine rings is 1. The zero-order valence-corrected chi connectivity index (χ0v) is 19.4. The Balaban J connectivity index is 1.31. The van der Waals surface area contributed by atoms with E-state index in [1.807, 2.05) is 79.7 Å². The number of aromatic nitrogens is 1. The molecule has 1 aromatic heterocycles. The molecule has 1 fully saturated rings. The van der Waals surface area contributed by atoms with Crippen molar-refractivity contribution in [2.24, 2.45) is 4.99 Å². The highest BCUT2D eigenvalue weighted by molar-refractivity contribution is 6.03. The highest BCUT2D eigenvalue weighted by Gasteiger charge is 2.34. The highest BCUT2D eigenvalue weighted by atomic mass is 16.5. The predicted octanol–water partition coefficient (Wildman–Crippen LogP) is 5.10. The number of hydrogen-bond acceptors (Lipinski definition) is 5. The summed E-state index contributed by atoms with van der Waals surface area (Å²) in [6.45, 7) is 4.51. The Morgan fingerprint density at radius 1 is 0.943 bits per heavy atom. The molecule has 4 aromatic rings. The number of nitrogens with zero attached hydrogens (tertiary/aromatic N) is 3. The number of aromatic amines is 1. The number of aryl methyl sites for hydroxylation is 1. The molecule has 2 aliphatic rings. The fourth-order valence-electron chi connectivity index (χ4n) is 5.21. The molecule has 35 heavy (non-hydrogen) atoms. The topological polar surface area (TPSA) is 81.2 Å². The molecule has 2 N–H and O–H groups in total. The number of H-pyrrole nitrogens is 1. The average molecular weight is 467 g/mol. The van der Waals surface area contributed by atoms with Crippen molar-refractivity contribution < 1.29 is 14.6 Å². The van der Waals surface area contributed by atoms with E-state index in [-0.39, 0.29) is 0 Å². The van der Waals surface area contributed by atoms with Crippen LogP contribution < -0.4 is 4.74 Å². The van der Waals surface area contributed by atoms with Crippen molar-refractivity contribution in [3.63, 3.8) is 0 Å². The van der Waals surface area contributed by atoms with E-state index in [1.54, 1.807) is 0 Å². The van der Waals surface area contributed by atoms with Gasteiger partial charge in [-0.15, -0.1) is 0 Å². The van der Waals surface area contributed by atoms with Crippen LogP contribution in [0.3, 0.4) is 0 Å². The SMILES string of the molecule is Cc1[nH]c2ccccc2c1C(C(=O)O)N1CCN(C2=Nc3ccccc3Oc3ccccc32)CC1. The van der Waals surface area contributed by atoms with Crippen molar-refractivity contribution in [2.75, 3.05) is 26.2 Å². The third kappa shape index (κ3) is 3.74. The zero-order chi connectivity index (χ0) is 23.9. The van der Waals surface area contributed by atoms with E-state index in [9.17, 15) is 9.90 Å². The molecule has 3 heterocycles.